The summed E-state index contributed by atoms with van der Waals surface area (Å²) in [6, 6.07) is 13.1. The normalized spacial score (nSPS) is 28.5. The molecule has 6 heteroatoms. The topological polar surface area (TPSA) is 24.5 Å². The zero-order valence-corrected chi connectivity index (χ0v) is 15.1. The molecule has 2 aliphatic heterocycles. The maximum atomic E-state index is 12.8. The number of alkyl halides is 3. The predicted octanol–water partition coefficient (Wildman–Crippen LogP) is 5.21. The summed E-state index contributed by atoms with van der Waals surface area (Å²) < 4.78 is 42.6. The van der Waals surface area contributed by atoms with Gasteiger partial charge in [0.15, 0.2) is 0 Å². The molecule has 2 aromatic rings. The summed E-state index contributed by atoms with van der Waals surface area (Å²) in [4.78, 5) is 2.24. The van der Waals surface area contributed by atoms with E-state index in [9.17, 15) is 13.2 Å². The highest BCUT2D eigenvalue weighted by molar-refractivity contribution is 5.74. The van der Waals surface area contributed by atoms with E-state index in [0.717, 1.165) is 49.0 Å². The van der Waals surface area contributed by atoms with Crippen LogP contribution in [0.25, 0.3) is 0 Å². The standard InChI is InChI=1S/C21H21F3N2O/c1-26-18-9-8-15(27-21(22,23)24)12-16(18)19-10-4-5-11-20(19,26)25-17-7-3-2-6-14(17)13-19/h2-3,6-9,12,25H,4-5,10-11,13H2,1H3/t19-,20+/m0/s1. The number of nitrogens with zero attached hydrogens (tertiary/aromatic N) is 1. The van der Waals surface area contributed by atoms with Crippen LogP contribution in [0.15, 0.2) is 42.5 Å². The molecule has 0 radical (unpaired) electrons. The lowest BCUT2D eigenvalue weighted by molar-refractivity contribution is -0.274. The number of nitrogens with one attached hydrogen (secondary N) is 1. The van der Waals surface area contributed by atoms with Gasteiger partial charge in [-0.3, -0.25) is 0 Å². The van der Waals surface area contributed by atoms with E-state index in [4.69, 9.17) is 0 Å². The maximum absolute atomic E-state index is 12.8. The van der Waals surface area contributed by atoms with E-state index in [1.165, 1.54) is 11.6 Å². The van der Waals surface area contributed by atoms with Crippen molar-refractivity contribution >= 4 is 11.4 Å². The van der Waals surface area contributed by atoms with E-state index < -0.39 is 6.36 Å². The Morgan fingerprint density at radius 3 is 2.67 bits per heavy atom. The highest BCUT2D eigenvalue weighted by atomic mass is 19.4. The quantitative estimate of drug-likeness (QED) is 0.741. The molecule has 0 aromatic heterocycles. The third kappa shape index (κ3) is 2.22. The lowest BCUT2D eigenvalue weighted by atomic mass is 9.59. The fourth-order valence-electron chi connectivity index (χ4n) is 5.63. The molecular formula is C21H21F3N2O. The molecule has 0 unspecified atom stereocenters. The van der Waals surface area contributed by atoms with Crippen LogP contribution in [0.2, 0.25) is 0 Å². The summed E-state index contributed by atoms with van der Waals surface area (Å²) in [6.45, 7) is 0. The van der Waals surface area contributed by atoms with Crippen molar-refractivity contribution in [2.75, 3.05) is 17.3 Å². The predicted molar refractivity (Wildman–Crippen MR) is 98.2 cm³/mol. The third-order valence-corrected chi connectivity index (χ3v) is 6.69. The van der Waals surface area contributed by atoms with Crippen molar-refractivity contribution in [1.29, 1.82) is 0 Å². The zero-order valence-electron chi connectivity index (χ0n) is 15.1. The van der Waals surface area contributed by atoms with Crippen LogP contribution >= 0.6 is 0 Å². The van der Waals surface area contributed by atoms with Crippen LogP contribution < -0.4 is 15.0 Å². The number of hydrogen-bond acceptors (Lipinski definition) is 3. The van der Waals surface area contributed by atoms with Gasteiger partial charge in [0.2, 0.25) is 0 Å². The van der Waals surface area contributed by atoms with Crippen molar-refractivity contribution < 1.29 is 17.9 Å². The van der Waals surface area contributed by atoms with Crippen molar-refractivity contribution in [2.45, 2.75) is 49.5 Å². The number of benzene rings is 2. The van der Waals surface area contributed by atoms with Crippen molar-refractivity contribution in [1.82, 2.24) is 0 Å². The summed E-state index contributed by atoms with van der Waals surface area (Å²) >= 11 is 0. The summed E-state index contributed by atoms with van der Waals surface area (Å²) in [6.07, 6.45) is 0.216. The minimum atomic E-state index is -4.68. The number of anilines is 2. The van der Waals surface area contributed by atoms with Gasteiger partial charge in [-0.2, -0.15) is 0 Å². The minimum Gasteiger partial charge on any atom is -0.406 e. The first-order valence-electron chi connectivity index (χ1n) is 9.35. The van der Waals surface area contributed by atoms with Gasteiger partial charge < -0.3 is 15.0 Å². The maximum Gasteiger partial charge on any atom is 0.573 e. The van der Waals surface area contributed by atoms with E-state index in [2.05, 4.69) is 34.1 Å². The van der Waals surface area contributed by atoms with Gasteiger partial charge >= 0.3 is 6.36 Å². The van der Waals surface area contributed by atoms with Crippen molar-refractivity contribution in [3.63, 3.8) is 0 Å². The molecule has 27 heavy (non-hydrogen) atoms. The molecule has 2 aromatic carbocycles. The molecule has 2 heterocycles. The van der Waals surface area contributed by atoms with E-state index in [1.54, 1.807) is 12.1 Å². The van der Waals surface area contributed by atoms with Gasteiger partial charge in [0, 0.05) is 23.8 Å². The second-order valence-corrected chi connectivity index (χ2v) is 7.89. The number of likely N-dealkylation sites (N-methyl/N-ethyl adjacent to an activating group) is 1. The fraction of sp³-hybridized carbons (Fsp3) is 0.429. The molecule has 142 valence electrons. The molecule has 3 aliphatic rings. The molecule has 1 N–H and O–H groups in total. The van der Waals surface area contributed by atoms with E-state index in [0.29, 0.717) is 0 Å². The Hall–Kier alpha value is -2.37. The molecule has 1 fully saturated rings. The minimum absolute atomic E-state index is 0.135. The summed E-state index contributed by atoms with van der Waals surface area (Å²) in [7, 11) is 2.05. The van der Waals surface area contributed by atoms with Crippen LogP contribution in [0, 0.1) is 0 Å². The van der Waals surface area contributed by atoms with Gasteiger partial charge in [-0.05, 0) is 61.1 Å². The van der Waals surface area contributed by atoms with Crippen molar-refractivity contribution in [2.24, 2.45) is 0 Å². The number of hydrogen-bond donors (Lipinski definition) is 1. The molecular weight excluding hydrogens is 353 g/mol. The molecule has 3 nitrogen and oxygen atoms in total. The molecule has 0 saturated heterocycles. The molecule has 1 saturated carbocycles. The second-order valence-electron chi connectivity index (χ2n) is 7.89. The average molecular weight is 374 g/mol. The Labute approximate surface area is 156 Å². The highest BCUT2D eigenvalue weighted by Crippen LogP contribution is 2.62. The highest BCUT2D eigenvalue weighted by Gasteiger charge is 2.63. The monoisotopic (exact) mass is 374 g/mol. The van der Waals surface area contributed by atoms with Gasteiger partial charge in [0.05, 0.1) is 0 Å². The Kier molecular flexibility index (Phi) is 3.31. The largest absolute Gasteiger partial charge is 0.573 e. The molecule has 1 aliphatic carbocycles. The first-order chi connectivity index (χ1) is 12.8. The van der Waals surface area contributed by atoms with E-state index in [1.807, 2.05) is 12.1 Å². The SMILES string of the molecule is CN1c2ccc(OC(F)(F)F)cc2[C@@]23CCCC[C@@]12Nc1ccccc1C3. The summed E-state index contributed by atoms with van der Waals surface area (Å²) in [5, 5.41) is 3.79. The fourth-order valence-corrected chi connectivity index (χ4v) is 5.63. The Bertz CT molecular complexity index is 913. The lowest BCUT2D eigenvalue weighted by Gasteiger charge is -2.56. The third-order valence-electron chi connectivity index (χ3n) is 6.69. The number of halogens is 3. The first kappa shape index (κ1) is 16.8. The first-order valence-corrected chi connectivity index (χ1v) is 9.35. The number of rotatable bonds is 1. The molecule has 0 bridgehead atoms. The van der Waals surface area contributed by atoms with Crippen molar-refractivity contribution in [3.8, 4) is 5.75 Å². The van der Waals surface area contributed by atoms with Crippen LogP contribution in [-0.2, 0) is 11.8 Å². The number of ether oxygens (including phenoxy) is 1. The molecule has 2 atom stereocenters. The van der Waals surface area contributed by atoms with Gasteiger partial charge in [-0.1, -0.05) is 24.6 Å². The molecule has 5 rings (SSSR count). The Morgan fingerprint density at radius 2 is 1.85 bits per heavy atom. The van der Waals surface area contributed by atoms with Crippen LogP contribution in [0.5, 0.6) is 5.75 Å². The summed E-state index contributed by atoms with van der Waals surface area (Å²) in [5.41, 5.74) is 3.74. The van der Waals surface area contributed by atoms with E-state index >= 15 is 0 Å². The second kappa shape index (κ2) is 5.33. The molecule has 0 amide bonds. The average Bonchev–Trinajstić information content (AvgIpc) is 2.84. The number of fused-ring (bicyclic) bond motifs is 2. The van der Waals surface area contributed by atoms with Gasteiger partial charge in [-0.25, -0.2) is 0 Å². The Morgan fingerprint density at radius 1 is 1.07 bits per heavy atom. The molecule has 0 spiro atoms. The van der Waals surface area contributed by atoms with Crippen LogP contribution in [0.4, 0.5) is 24.5 Å². The Balaban J connectivity index is 1.70. The van der Waals surface area contributed by atoms with Crippen LogP contribution in [-0.4, -0.2) is 19.1 Å². The smallest absolute Gasteiger partial charge is 0.406 e. The van der Waals surface area contributed by atoms with Gasteiger partial charge in [0.1, 0.15) is 11.4 Å². The van der Waals surface area contributed by atoms with Crippen LogP contribution in [0.3, 0.4) is 0 Å². The summed E-state index contributed by atoms with van der Waals surface area (Å²) in [5.74, 6) is -0.135. The number of para-hydroxylation sites is 1. The van der Waals surface area contributed by atoms with E-state index in [-0.39, 0.29) is 16.8 Å². The van der Waals surface area contributed by atoms with Gasteiger partial charge in [0.25, 0.3) is 0 Å². The lowest BCUT2D eigenvalue weighted by Crippen LogP contribution is -2.66. The van der Waals surface area contributed by atoms with Crippen LogP contribution in [0.1, 0.15) is 36.8 Å². The van der Waals surface area contributed by atoms with Gasteiger partial charge in [-0.15, -0.1) is 13.2 Å². The zero-order chi connectivity index (χ0) is 18.9. The van der Waals surface area contributed by atoms with Crippen molar-refractivity contribution in [3.05, 3.63) is 53.6 Å².